The minimum atomic E-state index is -0.542. The van der Waals surface area contributed by atoms with Gasteiger partial charge in [-0.05, 0) is 49.9 Å². The molecular weight excluding hydrogens is 316 g/mol. The van der Waals surface area contributed by atoms with Gasteiger partial charge in [0.15, 0.2) is 0 Å². The first-order valence-electron chi connectivity index (χ1n) is 7.62. The van der Waals surface area contributed by atoms with Gasteiger partial charge in [0, 0.05) is 10.6 Å². The number of carbonyl (C=O) groups is 1. The Morgan fingerprint density at radius 2 is 2.13 bits per heavy atom. The molecular formula is C17H19ClN2O3. The summed E-state index contributed by atoms with van der Waals surface area (Å²) in [5.74, 6) is 0.652. The van der Waals surface area contributed by atoms with Crippen molar-refractivity contribution >= 4 is 17.5 Å². The zero-order valence-electron chi connectivity index (χ0n) is 12.9. The predicted octanol–water partition coefficient (Wildman–Crippen LogP) is 2.81. The third-order valence-corrected chi connectivity index (χ3v) is 4.47. The number of rotatable bonds is 6. The summed E-state index contributed by atoms with van der Waals surface area (Å²) in [6.45, 7) is 1.82. The van der Waals surface area contributed by atoms with Crippen molar-refractivity contribution in [1.82, 2.24) is 10.3 Å². The second kappa shape index (κ2) is 6.34. The fourth-order valence-corrected chi connectivity index (χ4v) is 2.76. The lowest BCUT2D eigenvalue weighted by Crippen LogP contribution is -2.51. The number of nitrogens with one attached hydrogen (secondary N) is 1. The first-order valence-corrected chi connectivity index (χ1v) is 8.00. The number of nitrogens with zero attached hydrogens (tertiary/aromatic N) is 1. The first-order chi connectivity index (χ1) is 11.0. The lowest BCUT2D eigenvalue weighted by atomic mass is 9.96. The van der Waals surface area contributed by atoms with Crippen molar-refractivity contribution in [3.63, 3.8) is 0 Å². The van der Waals surface area contributed by atoms with Gasteiger partial charge in [0.05, 0.1) is 24.3 Å². The van der Waals surface area contributed by atoms with E-state index in [0.29, 0.717) is 22.5 Å². The maximum atomic E-state index is 12.2. The number of hydrogen-bond acceptors (Lipinski definition) is 4. The van der Waals surface area contributed by atoms with Crippen LogP contribution in [0.2, 0.25) is 5.02 Å². The Morgan fingerprint density at radius 1 is 1.43 bits per heavy atom. The van der Waals surface area contributed by atoms with Crippen LogP contribution in [0.4, 0.5) is 0 Å². The van der Waals surface area contributed by atoms with Gasteiger partial charge in [0.25, 0.3) is 0 Å². The number of benzene rings is 1. The normalized spacial score (nSPS) is 16.8. The molecule has 1 heterocycles. The van der Waals surface area contributed by atoms with Crippen LogP contribution < -0.4 is 5.32 Å². The summed E-state index contributed by atoms with van der Waals surface area (Å²) in [5, 5.41) is 13.1. The van der Waals surface area contributed by atoms with Gasteiger partial charge in [-0.15, -0.1) is 0 Å². The van der Waals surface area contributed by atoms with E-state index < -0.39 is 5.54 Å². The maximum absolute atomic E-state index is 12.2. The highest BCUT2D eigenvalue weighted by atomic mass is 35.5. The number of carbonyl (C=O) groups excluding carboxylic acids is 1. The monoisotopic (exact) mass is 334 g/mol. The van der Waals surface area contributed by atoms with Gasteiger partial charge in [-0.2, -0.15) is 0 Å². The molecule has 1 amide bonds. The Balaban J connectivity index is 1.64. The highest BCUT2D eigenvalue weighted by Crippen LogP contribution is 2.39. The summed E-state index contributed by atoms with van der Waals surface area (Å²) < 4.78 is 5.42. The molecule has 5 nitrogen and oxygen atoms in total. The van der Waals surface area contributed by atoms with E-state index in [1.807, 2.05) is 19.1 Å². The van der Waals surface area contributed by atoms with Crippen LogP contribution in [0, 0.1) is 5.92 Å². The first kappa shape index (κ1) is 16.0. The molecule has 1 unspecified atom stereocenters. The molecule has 2 aromatic rings. The summed E-state index contributed by atoms with van der Waals surface area (Å²) in [6, 6.07) is 7.15. The fourth-order valence-electron chi connectivity index (χ4n) is 2.63. The summed E-state index contributed by atoms with van der Waals surface area (Å²) in [5.41, 5.74) is 0.822. The summed E-state index contributed by atoms with van der Waals surface area (Å²) in [4.78, 5) is 16.5. The Bertz CT molecular complexity index is 694. The molecule has 6 heteroatoms. The van der Waals surface area contributed by atoms with E-state index in [4.69, 9.17) is 16.0 Å². The molecule has 122 valence electrons. The van der Waals surface area contributed by atoms with E-state index in [1.54, 1.807) is 12.1 Å². The van der Waals surface area contributed by atoms with Gasteiger partial charge in [0.1, 0.15) is 6.26 Å². The second-order valence-electron chi connectivity index (χ2n) is 6.23. The van der Waals surface area contributed by atoms with Crippen molar-refractivity contribution < 1.29 is 14.3 Å². The number of oxazole rings is 1. The summed E-state index contributed by atoms with van der Waals surface area (Å²) >= 11 is 5.85. The zero-order valence-corrected chi connectivity index (χ0v) is 13.6. The van der Waals surface area contributed by atoms with Crippen LogP contribution in [-0.4, -0.2) is 28.1 Å². The molecule has 1 aliphatic carbocycles. The lowest BCUT2D eigenvalue weighted by Gasteiger charge is -2.28. The van der Waals surface area contributed by atoms with Gasteiger partial charge >= 0.3 is 0 Å². The average Bonchev–Trinajstić information content (AvgIpc) is 3.29. The molecule has 2 N–H and O–H groups in total. The van der Waals surface area contributed by atoms with E-state index in [2.05, 4.69) is 10.3 Å². The number of amides is 1. The molecule has 0 bridgehead atoms. The van der Waals surface area contributed by atoms with E-state index in [9.17, 15) is 9.90 Å². The smallest absolute Gasteiger partial charge is 0.226 e. The van der Waals surface area contributed by atoms with Crippen molar-refractivity contribution in [2.45, 2.75) is 31.7 Å². The SMILES string of the molecule is CC(CO)(NC(=O)Cc1coc(-c2ccc(Cl)cc2)n1)C1CC1. The van der Waals surface area contributed by atoms with Crippen molar-refractivity contribution in [2.24, 2.45) is 5.92 Å². The van der Waals surface area contributed by atoms with Crippen molar-refractivity contribution in [1.29, 1.82) is 0 Å². The Kier molecular flexibility index (Phi) is 4.41. The molecule has 1 aromatic carbocycles. The molecule has 3 rings (SSSR count). The molecule has 1 aromatic heterocycles. The maximum Gasteiger partial charge on any atom is 0.226 e. The van der Waals surface area contributed by atoms with Gasteiger partial charge in [0.2, 0.25) is 11.8 Å². The molecule has 1 saturated carbocycles. The van der Waals surface area contributed by atoms with E-state index >= 15 is 0 Å². The summed E-state index contributed by atoms with van der Waals surface area (Å²) in [6.07, 6.45) is 3.69. The Labute approximate surface area is 139 Å². The number of hydrogen-bond donors (Lipinski definition) is 2. The van der Waals surface area contributed by atoms with Gasteiger partial charge < -0.3 is 14.8 Å². The van der Waals surface area contributed by atoms with Crippen LogP contribution >= 0.6 is 11.6 Å². The van der Waals surface area contributed by atoms with Crippen molar-refractivity contribution in [3.05, 3.63) is 41.2 Å². The standard InChI is InChI=1S/C17H19ClN2O3/c1-17(10-21,12-4-5-12)20-15(22)8-14-9-23-16(19-14)11-2-6-13(18)7-3-11/h2-3,6-7,9,12,21H,4-5,8,10H2,1H3,(H,20,22). The van der Waals surface area contributed by atoms with Crippen LogP contribution in [0.25, 0.3) is 11.5 Å². The number of aliphatic hydroxyl groups is 1. The minimum Gasteiger partial charge on any atom is -0.444 e. The average molecular weight is 335 g/mol. The highest BCUT2D eigenvalue weighted by Gasteiger charge is 2.42. The number of aromatic nitrogens is 1. The van der Waals surface area contributed by atoms with Crippen LogP contribution in [0.15, 0.2) is 34.9 Å². The Morgan fingerprint density at radius 3 is 2.74 bits per heavy atom. The topological polar surface area (TPSA) is 75.4 Å². The molecule has 23 heavy (non-hydrogen) atoms. The molecule has 1 atom stereocenters. The Hall–Kier alpha value is -1.85. The quantitative estimate of drug-likeness (QED) is 0.851. The predicted molar refractivity (Wildman–Crippen MR) is 87.0 cm³/mol. The van der Waals surface area contributed by atoms with Crippen LogP contribution in [0.5, 0.6) is 0 Å². The highest BCUT2D eigenvalue weighted by molar-refractivity contribution is 6.30. The number of aliphatic hydroxyl groups excluding tert-OH is 1. The minimum absolute atomic E-state index is 0.0573. The van der Waals surface area contributed by atoms with E-state index in [1.165, 1.54) is 6.26 Å². The third kappa shape index (κ3) is 3.74. The van der Waals surface area contributed by atoms with Gasteiger partial charge in [-0.1, -0.05) is 11.6 Å². The van der Waals surface area contributed by atoms with Gasteiger partial charge in [-0.3, -0.25) is 4.79 Å². The second-order valence-corrected chi connectivity index (χ2v) is 6.66. The molecule has 0 spiro atoms. The third-order valence-electron chi connectivity index (χ3n) is 4.22. The molecule has 0 aliphatic heterocycles. The van der Waals surface area contributed by atoms with Crippen LogP contribution in [0.1, 0.15) is 25.5 Å². The molecule has 0 saturated heterocycles. The number of halogens is 1. The molecule has 1 fully saturated rings. The zero-order chi connectivity index (χ0) is 16.4. The van der Waals surface area contributed by atoms with Crippen LogP contribution in [0.3, 0.4) is 0 Å². The van der Waals surface area contributed by atoms with E-state index in [0.717, 1.165) is 18.4 Å². The van der Waals surface area contributed by atoms with Crippen molar-refractivity contribution in [3.8, 4) is 11.5 Å². The van der Waals surface area contributed by atoms with Crippen molar-refractivity contribution in [2.75, 3.05) is 6.61 Å². The largest absolute Gasteiger partial charge is 0.444 e. The lowest BCUT2D eigenvalue weighted by molar-refractivity contribution is -0.123. The molecule has 1 aliphatic rings. The molecule has 0 radical (unpaired) electrons. The van der Waals surface area contributed by atoms with E-state index in [-0.39, 0.29) is 18.9 Å². The summed E-state index contributed by atoms with van der Waals surface area (Å²) in [7, 11) is 0. The van der Waals surface area contributed by atoms with Gasteiger partial charge in [-0.25, -0.2) is 4.98 Å². The van der Waals surface area contributed by atoms with Crippen LogP contribution in [-0.2, 0) is 11.2 Å². The fraction of sp³-hybridized carbons (Fsp3) is 0.412.